The summed E-state index contributed by atoms with van der Waals surface area (Å²) in [5.74, 6) is 0.598. The Kier molecular flexibility index (Phi) is 4.70. The van der Waals surface area contributed by atoms with Crippen LogP contribution in [0.2, 0.25) is 0 Å². The van der Waals surface area contributed by atoms with Crippen molar-refractivity contribution in [2.24, 2.45) is 0 Å². The van der Waals surface area contributed by atoms with Crippen molar-refractivity contribution in [3.8, 4) is 5.75 Å². The van der Waals surface area contributed by atoms with Gasteiger partial charge in [0.05, 0.1) is 5.56 Å². The molecule has 1 aliphatic carbocycles. The van der Waals surface area contributed by atoms with Crippen LogP contribution in [-0.2, 0) is 6.54 Å². The second kappa shape index (κ2) is 7.28. The third kappa shape index (κ3) is 3.69. The van der Waals surface area contributed by atoms with Gasteiger partial charge in [0.15, 0.2) is 0 Å². The Hall–Kier alpha value is -2.33. The van der Waals surface area contributed by atoms with Crippen LogP contribution in [0.25, 0.3) is 0 Å². The van der Waals surface area contributed by atoms with Gasteiger partial charge in [0.2, 0.25) is 0 Å². The summed E-state index contributed by atoms with van der Waals surface area (Å²) in [5, 5.41) is 2.98. The van der Waals surface area contributed by atoms with E-state index in [9.17, 15) is 4.79 Å². The average molecular weight is 336 g/mol. The second-order valence-electron chi connectivity index (χ2n) is 6.94. The summed E-state index contributed by atoms with van der Waals surface area (Å²) in [6.07, 6.45) is 4.21. The maximum absolute atomic E-state index is 12.6. The Morgan fingerprint density at radius 3 is 2.48 bits per heavy atom. The lowest BCUT2D eigenvalue weighted by Gasteiger charge is -2.47. The van der Waals surface area contributed by atoms with E-state index < -0.39 is 0 Å². The van der Waals surface area contributed by atoms with E-state index in [1.54, 1.807) is 0 Å². The van der Waals surface area contributed by atoms with Gasteiger partial charge in [-0.1, -0.05) is 48.9 Å². The van der Waals surface area contributed by atoms with Crippen molar-refractivity contribution in [3.63, 3.8) is 0 Å². The number of para-hydroxylation sites is 1. The molecule has 1 saturated carbocycles. The lowest BCUT2D eigenvalue weighted by Crippen LogP contribution is -2.59. The number of nitrogens with one attached hydrogen (secondary N) is 1. The van der Waals surface area contributed by atoms with Gasteiger partial charge in [0.25, 0.3) is 5.91 Å². The molecule has 1 saturated heterocycles. The number of rotatable bonds is 6. The van der Waals surface area contributed by atoms with E-state index in [1.165, 1.54) is 19.3 Å². The number of hydrogen-bond donors (Lipinski definition) is 1. The van der Waals surface area contributed by atoms with Crippen LogP contribution in [0, 0.1) is 0 Å². The predicted molar refractivity (Wildman–Crippen MR) is 97.7 cm³/mol. The minimum absolute atomic E-state index is 0.0883. The van der Waals surface area contributed by atoms with Gasteiger partial charge in [0.1, 0.15) is 11.9 Å². The standard InChI is InChI=1S/C21H24N2O2/c24-21(22-13-16-7-2-1-3-8-16)19-11-4-5-12-20(19)25-18-14-23(15-18)17-9-6-10-17/h1-5,7-8,11-12,17-18H,6,9-10,13-15H2,(H,22,24). The quantitative estimate of drug-likeness (QED) is 0.880. The maximum atomic E-state index is 12.6. The molecule has 1 amide bonds. The highest BCUT2D eigenvalue weighted by Crippen LogP contribution is 2.30. The lowest BCUT2D eigenvalue weighted by atomic mass is 9.89. The molecule has 2 aliphatic rings. The minimum Gasteiger partial charge on any atom is -0.487 e. The van der Waals surface area contributed by atoms with E-state index in [0.717, 1.165) is 24.7 Å². The fourth-order valence-corrected chi connectivity index (χ4v) is 3.40. The highest BCUT2D eigenvalue weighted by Gasteiger charge is 2.36. The van der Waals surface area contributed by atoms with Gasteiger partial charge in [0, 0.05) is 25.7 Å². The fraction of sp³-hybridized carbons (Fsp3) is 0.381. The molecule has 25 heavy (non-hydrogen) atoms. The van der Waals surface area contributed by atoms with Gasteiger partial charge >= 0.3 is 0 Å². The highest BCUT2D eigenvalue weighted by atomic mass is 16.5. The molecular formula is C21H24N2O2. The third-order valence-electron chi connectivity index (χ3n) is 5.19. The summed E-state index contributed by atoms with van der Waals surface area (Å²) in [7, 11) is 0. The Balaban J connectivity index is 1.34. The molecule has 130 valence electrons. The zero-order valence-corrected chi connectivity index (χ0v) is 14.4. The maximum Gasteiger partial charge on any atom is 0.255 e. The molecule has 2 fully saturated rings. The van der Waals surface area contributed by atoms with Crippen LogP contribution >= 0.6 is 0 Å². The van der Waals surface area contributed by atoms with Crippen molar-refractivity contribution in [2.45, 2.75) is 38.0 Å². The molecule has 2 aromatic carbocycles. The first-order valence-corrected chi connectivity index (χ1v) is 9.11. The van der Waals surface area contributed by atoms with Crippen LogP contribution in [0.1, 0.15) is 35.2 Å². The number of likely N-dealkylation sites (tertiary alicyclic amines) is 1. The first-order valence-electron chi connectivity index (χ1n) is 9.11. The number of benzene rings is 2. The molecule has 4 nitrogen and oxygen atoms in total. The molecule has 1 aliphatic heterocycles. The van der Waals surface area contributed by atoms with E-state index >= 15 is 0 Å². The molecule has 1 N–H and O–H groups in total. The summed E-state index contributed by atoms with van der Waals surface area (Å²) in [6, 6.07) is 18.2. The smallest absolute Gasteiger partial charge is 0.255 e. The molecule has 0 spiro atoms. The Morgan fingerprint density at radius 2 is 1.76 bits per heavy atom. The van der Waals surface area contributed by atoms with Gasteiger partial charge in [-0.2, -0.15) is 0 Å². The SMILES string of the molecule is O=C(NCc1ccccc1)c1ccccc1OC1CN(C2CCC2)C1. The number of ether oxygens (including phenoxy) is 1. The first-order chi connectivity index (χ1) is 12.3. The Labute approximate surface area is 148 Å². The molecule has 0 radical (unpaired) electrons. The van der Waals surface area contributed by atoms with E-state index in [-0.39, 0.29) is 12.0 Å². The second-order valence-corrected chi connectivity index (χ2v) is 6.94. The average Bonchev–Trinajstić information content (AvgIpc) is 2.57. The van der Waals surface area contributed by atoms with Crippen LogP contribution in [0.4, 0.5) is 0 Å². The Bertz CT molecular complexity index is 722. The van der Waals surface area contributed by atoms with Crippen molar-refractivity contribution < 1.29 is 9.53 Å². The number of nitrogens with zero attached hydrogens (tertiary/aromatic N) is 1. The van der Waals surface area contributed by atoms with Crippen LogP contribution in [0.3, 0.4) is 0 Å². The van der Waals surface area contributed by atoms with E-state index in [2.05, 4.69) is 10.2 Å². The summed E-state index contributed by atoms with van der Waals surface area (Å²) >= 11 is 0. The summed E-state index contributed by atoms with van der Waals surface area (Å²) in [6.45, 7) is 2.47. The molecule has 4 rings (SSSR count). The molecule has 0 aromatic heterocycles. The van der Waals surface area contributed by atoms with Crippen molar-refractivity contribution in [2.75, 3.05) is 13.1 Å². The summed E-state index contributed by atoms with van der Waals surface area (Å²) in [5.41, 5.74) is 1.70. The van der Waals surface area contributed by atoms with Crippen molar-refractivity contribution in [3.05, 3.63) is 65.7 Å². The van der Waals surface area contributed by atoms with Gasteiger partial charge in [-0.25, -0.2) is 0 Å². The molecule has 0 unspecified atom stereocenters. The van der Waals surface area contributed by atoms with Crippen LogP contribution in [0.5, 0.6) is 5.75 Å². The molecular weight excluding hydrogens is 312 g/mol. The largest absolute Gasteiger partial charge is 0.487 e. The first kappa shape index (κ1) is 16.2. The zero-order chi connectivity index (χ0) is 17.1. The number of carbonyl (C=O) groups excluding carboxylic acids is 1. The van der Waals surface area contributed by atoms with Crippen molar-refractivity contribution in [1.82, 2.24) is 10.2 Å². The molecule has 1 heterocycles. The van der Waals surface area contributed by atoms with Crippen molar-refractivity contribution in [1.29, 1.82) is 0 Å². The van der Waals surface area contributed by atoms with E-state index in [4.69, 9.17) is 4.74 Å². The molecule has 4 heteroatoms. The summed E-state index contributed by atoms with van der Waals surface area (Å²) in [4.78, 5) is 15.0. The number of amides is 1. The molecule has 0 bridgehead atoms. The van der Waals surface area contributed by atoms with Crippen LogP contribution in [-0.4, -0.2) is 36.0 Å². The van der Waals surface area contributed by atoms with Crippen molar-refractivity contribution >= 4 is 5.91 Å². The van der Waals surface area contributed by atoms with Gasteiger partial charge in [-0.3, -0.25) is 9.69 Å². The fourth-order valence-electron chi connectivity index (χ4n) is 3.40. The van der Waals surface area contributed by atoms with Crippen LogP contribution < -0.4 is 10.1 Å². The van der Waals surface area contributed by atoms with E-state index in [1.807, 2.05) is 54.6 Å². The molecule has 0 atom stereocenters. The Morgan fingerprint density at radius 1 is 1.04 bits per heavy atom. The molecule has 2 aromatic rings. The zero-order valence-electron chi connectivity index (χ0n) is 14.4. The predicted octanol–water partition coefficient (Wildman–Crippen LogP) is 3.23. The normalized spacial score (nSPS) is 18.2. The highest BCUT2D eigenvalue weighted by molar-refractivity contribution is 5.96. The van der Waals surface area contributed by atoms with Gasteiger partial charge in [-0.05, 0) is 30.5 Å². The topological polar surface area (TPSA) is 41.6 Å². The number of hydrogen-bond acceptors (Lipinski definition) is 3. The third-order valence-corrected chi connectivity index (χ3v) is 5.19. The monoisotopic (exact) mass is 336 g/mol. The number of carbonyl (C=O) groups is 1. The van der Waals surface area contributed by atoms with Crippen LogP contribution in [0.15, 0.2) is 54.6 Å². The van der Waals surface area contributed by atoms with Gasteiger partial charge in [-0.15, -0.1) is 0 Å². The summed E-state index contributed by atoms with van der Waals surface area (Å²) < 4.78 is 6.10. The van der Waals surface area contributed by atoms with E-state index in [0.29, 0.717) is 17.9 Å². The van der Waals surface area contributed by atoms with Gasteiger partial charge < -0.3 is 10.1 Å². The minimum atomic E-state index is -0.0883. The lowest BCUT2D eigenvalue weighted by molar-refractivity contribution is -0.0310.